The van der Waals surface area contributed by atoms with E-state index in [0.29, 0.717) is 32.9 Å². The van der Waals surface area contributed by atoms with Crippen LogP contribution in [0, 0.1) is 10.1 Å². The van der Waals surface area contributed by atoms with Gasteiger partial charge >= 0.3 is 5.69 Å². The summed E-state index contributed by atoms with van der Waals surface area (Å²) < 4.78 is 5.25. The van der Waals surface area contributed by atoms with Crippen LogP contribution in [0.4, 0.5) is 40.3 Å². The lowest BCUT2D eigenvalue weighted by Crippen LogP contribution is -2.09. The second-order valence-electron chi connectivity index (χ2n) is 6.97. The predicted octanol–water partition coefficient (Wildman–Crippen LogP) is 6.93. The maximum absolute atomic E-state index is 12.1. The zero-order chi connectivity index (χ0) is 24.1. The van der Waals surface area contributed by atoms with Crippen molar-refractivity contribution in [3.63, 3.8) is 0 Å². The molecule has 3 N–H and O–H groups in total. The first-order valence-electron chi connectivity index (χ1n) is 9.94. The molecule has 3 aromatic carbocycles. The third kappa shape index (κ3) is 5.64. The van der Waals surface area contributed by atoms with Crippen LogP contribution in [0.3, 0.4) is 0 Å². The predicted molar refractivity (Wildman–Crippen MR) is 134 cm³/mol. The summed E-state index contributed by atoms with van der Waals surface area (Å²) >= 11 is 12.0. The molecule has 4 aromatic rings. The third-order valence-corrected chi connectivity index (χ3v) is 5.07. The fraction of sp³-hybridized carbons (Fsp3) is 0.0435. The Bertz CT molecular complexity index is 1330. The van der Waals surface area contributed by atoms with Crippen LogP contribution >= 0.6 is 23.2 Å². The largest absolute Gasteiger partial charge is 0.497 e. The van der Waals surface area contributed by atoms with Gasteiger partial charge in [-0.15, -0.1) is 0 Å². The Hall–Kier alpha value is -4.08. The van der Waals surface area contributed by atoms with Gasteiger partial charge in [0.2, 0.25) is 17.6 Å². The van der Waals surface area contributed by atoms with Gasteiger partial charge in [0.15, 0.2) is 0 Å². The number of halogens is 2. The molecule has 0 bridgehead atoms. The van der Waals surface area contributed by atoms with Gasteiger partial charge in [-0.3, -0.25) is 10.1 Å². The van der Waals surface area contributed by atoms with E-state index in [1.54, 1.807) is 79.9 Å². The zero-order valence-electron chi connectivity index (χ0n) is 17.8. The lowest BCUT2D eigenvalue weighted by atomic mass is 10.3. The highest BCUT2D eigenvalue weighted by Gasteiger charge is 2.26. The molecule has 0 saturated heterocycles. The van der Waals surface area contributed by atoms with Gasteiger partial charge in [-0.05, 0) is 54.6 Å². The molecule has 172 valence electrons. The van der Waals surface area contributed by atoms with E-state index in [1.807, 2.05) is 0 Å². The molecule has 1 aromatic heterocycles. The van der Waals surface area contributed by atoms with Gasteiger partial charge in [-0.2, -0.15) is 9.97 Å². The first-order chi connectivity index (χ1) is 16.4. The van der Waals surface area contributed by atoms with Crippen LogP contribution in [0.1, 0.15) is 0 Å². The highest BCUT2D eigenvalue weighted by atomic mass is 35.5. The maximum Gasteiger partial charge on any atom is 0.354 e. The summed E-state index contributed by atoms with van der Waals surface area (Å²) in [5.74, 6) is 0.713. The van der Waals surface area contributed by atoms with Crippen molar-refractivity contribution >= 4 is 63.5 Å². The lowest BCUT2D eigenvalue weighted by Gasteiger charge is -2.14. The van der Waals surface area contributed by atoms with E-state index in [0.717, 1.165) is 0 Å². The molecule has 0 amide bonds. The topological polar surface area (TPSA) is 114 Å². The number of hydrogen-bond acceptors (Lipinski definition) is 8. The molecule has 0 saturated carbocycles. The van der Waals surface area contributed by atoms with Crippen LogP contribution in [0.5, 0.6) is 5.75 Å². The number of ether oxygens (including phenoxy) is 1. The summed E-state index contributed by atoms with van der Waals surface area (Å²) in [5.41, 5.74) is 1.39. The van der Waals surface area contributed by atoms with Crippen molar-refractivity contribution in [1.82, 2.24) is 9.97 Å². The van der Waals surface area contributed by atoms with E-state index in [2.05, 4.69) is 25.9 Å². The Balaban J connectivity index is 1.80. The van der Waals surface area contributed by atoms with Crippen molar-refractivity contribution in [2.45, 2.75) is 0 Å². The molecule has 11 heteroatoms. The number of nitrogens with zero attached hydrogens (tertiary/aromatic N) is 3. The Kier molecular flexibility index (Phi) is 6.95. The van der Waals surface area contributed by atoms with E-state index in [-0.39, 0.29) is 23.3 Å². The SMILES string of the molecule is COc1cccc(Nc2nc(Nc3ccc(Cl)cc3)c([N+](=O)[O-])c(Nc3cccc(Cl)c3)n2)c1. The minimum Gasteiger partial charge on any atom is -0.497 e. The molecule has 1 heterocycles. The van der Waals surface area contributed by atoms with Crippen molar-refractivity contribution in [3.05, 3.63) is 93.0 Å². The summed E-state index contributed by atoms with van der Waals surface area (Å²) in [6.45, 7) is 0. The number of nitro groups is 1. The molecule has 0 atom stereocenters. The second-order valence-corrected chi connectivity index (χ2v) is 7.85. The van der Waals surface area contributed by atoms with Gasteiger partial charge in [-0.1, -0.05) is 35.3 Å². The van der Waals surface area contributed by atoms with Gasteiger partial charge in [0.1, 0.15) is 5.75 Å². The molecule has 0 fully saturated rings. The van der Waals surface area contributed by atoms with Crippen molar-refractivity contribution in [1.29, 1.82) is 0 Å². The summed E-state index contributed by atoms with van der Waals surface area (Å²) in [5, 5.41) is 22.1. The zero-order valence-corrected chi connectivity index (χ0v) is 19.3. The van der Waals surface area contributed by atoms with Gasteiger partial charge in [0.05, 0.1) is 12.0 Å². The molecule has 0 aliphatic heterocycles. The summed E-state index contributed by atoms with van der Waals surface area (Å²) in [7, 11) is 1.56. The average Bonchev–Trinajstić information content (AvgIpc) is 2.80. The molecular weight excluding hydrogens is 479 g/mol. The van der Waals surface area contributed by atoms with Gasteiger partial charge in [-0.25, -0.2) is 0 Å². The van der Waals surface area contributed by atoms with Crippen LogP contribution in [0.2, 0.25) is 10.0 Å². The number of anilines is 6. The molecule has 0 spiro atoms. The maximum atomic E-state index is 12.1. The second kappa shape index (κ2) is 10.2. The molecule has 0 aliphatic rings. The number of methoxy groups -OCH3 is 1. The first kappa shape index (κ1) is 23.1. The number of nitrogens with one attached hydrogen (secondary N) is 3. The van der Waals surface area contributed by atoms with E-state index < -0.39 is 4.92 Å². The van der Waals surface area contributed by atoms with Crippen LogP contribution in [0.15, 0.2) is 72.8 Å². The average molecular weight is 497 g/mol. The van der Waals surface area contributed by atoms with Crippen molar-refractivity contribution in [2.24, 2.45) is 0 Å². The molecule has 0 unspecified atom stereocenters. The van der Waals surface area contributed by atoms with Gasteiger partial charge in [0.25, 0.3) is 0 Å². The first-order valence-corrected chi connectivity index (χ1v) is 10.7. The highest BCUT2D eigenvalue weighted by molar-refractivity contribution is 6.31. The van der Waals surface area contributed by atoms with Crippen molar-refractivity contribution in [2.75, 3.05) is 23.1 Å². The molecule has 4 rings (SSSR count). The van der Waals surface area contributed by atoms with Crippen molar-refractivity contribution in [3.8, 4) is 5.75 Å². The monoisotopic (exact) mass is 496 g/mol. The normalized spacial score (nSPS) is 10.4. The van der Waals surface area contributed by atoms with Crippen molar-refractivity contribution < 1.29 is 9.66 Å². The Morgan fingerprint density at radius 2 is 1.41 bits per heavy atom. The molecule has 0 aliphatic carbocycles. The molecular formula is C23H18Cl2N6O3. The van der Waals surface area contributed by atoms with Crippen LogP contribution < -0.4 is 20.7 Å². The minimum atomic E-state index is -0.555. The van der Waals surface area contributed by atoms with Crippen LogP contribution in [-0.2, 0) is 0 Å². The Morgan fingerprint density at radius 3 is 2.03 bits per heavy atom. The lowest BCUT2D eigenvalue weighted by molar-refractivity contribution is -0.383. The molecule has 0 radical (unpaired) electrons. The van der Waals surface area contributed by atoms with E-state index in [4.69, 9.17) is 27.9 Å². The fourth-order valence-electron chi connectivity index (χ4n) is 3.06. The molecule has 9 nitrogen and oxygen atoms in total. The standard InChI is InChI=1S/C23H18Cl2N6O3/c1-34-19-7-3-6-18(13-19)28-23-29-21(26-16-10-8-14(24)9-11-16)20(31(32)33)22(30-23)27-17-5-2-4-15(25)12-17/h2-13H,1H3,(H3,26,27,28,29,30). The number of hydrogen-bond donors (Lipinski definition) is 3. The van der Waals surface area contributed by atoms with Gasteiger partial charge < -0.3 is 20.7 Å². The summed E-state index contributed by atoms with van der Waals surface area (Å²) in [6.07, 6.45) is 0. The minimum absolute atomic E-state index is 0.0164. The van der Waals surface area contributed by atoms with E-state index in [1.165, 1.54) is 0 Å². The summed E-state index contributed by atoms with van der Waals surface area (Å²) in [4.78, 5) is 20.2. The highest BCUT2D eigenvalue weighted by Crippen LogP contribution is 2.36. The van der Waals surface area contributed by atoms with Gasteiger partial charge in [0, 0.05) is 33.2 Å². The quantitative estimate of drug-likeness (QED) is 0.177. The third-order valence-electron chi connectivity index (χ3n) is 4.59. The Labute approximate surface area is 204 Å². The number of aromatic nitrogens is 2. The smallest absolute Gasteiger partial charge is 0.354 e. The molecule has 34 heavy (non-hydrogen) atoms. The van der Waals surface area contributed by atoms with Crippen LogP contribution in [0.25, 0.3) is 0 Å². The van der Waals surface area contributed by atoms with Crippen LogP contribution in [-0.4, -0.2) is 22.0 Å². The van der Waals surface area contributed by atoms with E-state index >= 15 is 0 Å². The van der Waals surface area contributed by atoms with E-state index in [9.17, 15) is 10.1 Å². The number of benzene rings is 3. The fourth-order valence-corrected chi connectivity index (χ4v) is 3.38. The Morgan fingerprint density at radius 1 is 0.794 bits per heavy atom. The summed E-state index contributed by atoms with van der Waals surface area (Å²) in [6, 6.07) is 20.6. The number of rotatable bonds is 8.